The Morgan fingerprint density at radius 3 is 0.838 bits per heavy atom. The molecule has 0 aromatic heterocycles. The summed E-state index contributed by atoms with van der Waals surface area (Å²) in [6.07, 6.45) is -8.21. The highest BCUT2D eigenvalue weighted by atomic mass is 31.2. The van der Waals surface area contributed by atoms with E-state index in [2.05, 4.69) is 0 Å². The zero-order valence-electron chi connectivity index (χ0n) is 43.8. The monoisotopic (exact) mass is 1140 g/mol. The lowest BCUT2D eigenvalue weighted by molar-refractivity contribution is -0.291. The molecule has 0 spiro atoms. The van der Waals surface area contributed by atoms with Crippen LogP contribution in [0.5, 0.6) is 0 Å². The van der Waals surface area contributed by atoms with E-state index in [-0.39, 0.29) is 59.5 Å². The molecule has 0 aliphatic carbocycles. The van der Waals surface area contributed by atoms with Crippen molar-refractivity contribution in [2.24, 2.45) is 0 Å². The van der Waals surface area contributed by atoms with Crippen LogP contribution in [0.1, 0.15) is 44.5 Å². The molecule has 1 heterocycles. The molecule has 15 nitrogen and oxygen atoms in total. The highest BCUT2D eigenvalue weighted by Crippen LogP contribution is 2.60. The Balaban J connectivity index is 1.17. The van der Waals surface area contributed by atoms with Crippen LogP contribution in [0.25, 0.3) is 0 Å². The van der Waals surface area contributed by atoms with Gasteiger partial charge < -0.3 is 14.2 Å². The fourth-order valence-corrected chi connectivity index (χ4v) is 12.2. The molecule has 1 fully saturated rings. The first-order chi connectivity index (χ1) is 39.2. The number of hydrogen-bond donors (Lipinski definition) is 0. The average molecular weight is 1140 g/mol. The van der Waals surface area contributed by atoms with Crippen LogP contribution in [0.3, 0.4) is 0 Å². The second-order valence-electron chi connectivity index (χ2n) is 18.4. The van der Waals surface area contributed by atoms with E-state index in [1.54, 1.807) is 72.8 Å². The van der Waals surface area contributed by atoms with Gasteiger partial charge in [0.1, 0.15) is 24.4 Å². The van der Waals surface area contributed by atoms with Crippen LogP contribution < -0.4 is 0 Å². The number of phosphoric ester groups is 3. The maximum atomic E-state index is 15.9. The number of benzene rings is 8. The van der Waals surface area contributed by atoms with Crippen LogP contribution in [-0.4, -0.2) is 37.3 Å². The van der Waals surface area contributed by atoms with Crippen molar-refractivity contribution in [3.63, 3.8) is 0 Å². The fourth-order valence-electron chi connectivity index (χ4n) is 8.24. The quantitative estimate of drug-likeness (QED) is 0.0377. The Hall–Kier alpha value is -6.03. The smallest absolute Gasteiger partial charge is 0.374 e. The SMILES string of the molecule is O=P(OCc1ccccc1)(OCc1ccccc1)O[C@@H]1O[C@H](COCc2ccccc2)[C@@H](OP(=O)(OCc2ccccc2)OCc2ccccc2)[C@H](OP(=O)(OCc2ccccc2)OCc2ccccc2)[C@H]1OCc1ccccc1. The molecule has 0 unspecified atom stereocenters. The van der Waals surface area contributed by atoms with Crippen molar-refractivity contribution in [1.82, 2.24) is 0 Å². The van der Waals surface area contributed by atoms with Gasteiger partial charge in [0.2, 0.25) is 0 Å². The summed E-state index contributed by atoms with van der Waals surface area (Å²) in [6, 6.07) is 73.1. The van der Waals surface area contributed by atoms with E-state index < -0.39 is 54.2 Å². The topological polar surface area (TPSA) is 162 Å². The minimum Gasteiger partial charge on any atom is -0.374 e. The second-order valence-corrected chi connectivity index (χ2v) is 23.3. The van der Waals surface area contributed by atoms with E-state index in [4.69, 9.17) is 54.9 Å². The van der Waals surface area contributed by atoms with Crippen LogP contribution in [0.4, 0.5) is 0 Å². The van der Waals surface area contributed by atoms with Gasteiger partial charge in [0, 0.05) is 0 Å². The Kier molecular flexibility index (Phi) is 22.1. The normalized spacial score (nSPS) is 17.7. The lowest BCUT2D eigenvalue weighted by atomic mass is 9.99. The van der Waals surface area contributed by atoms with Gasteiger partial charge in [0.05, 0.1) is 59.5 Å². The van der Waals surface area contributed by atoms with Crippen LogP contribution in [0.2, 0.25) is 0 Å². The summed E-state index contributed by atoms with van der Waals surface area (Å²) >= 11 is 0. The van der Waals surface area contributed by atoms with Crippen molar-refractivity contribution in [1.29, 1.82) is 0 Å². The zero-order chi connectivity index (χ0) is 55.1. The maximum Gasteiger partial charge on any atom is 0.477 e. The Bertz CT molecular complexity index is 3030. The summed E-state index contributed by atoms with van der Waals surface area (Å²) in [5, 5.41) is 0. The maximum absolute atomic E-state index is 15.9. The Morgan fingerprint density at radius 2 is 0.537 bits per heavy atom. The lowest BCUT2D eigenvalue weighted by Gasteiger charge is -2.46. The molecule has 5 atom stereocenters. The van der Waals surface area contributed by atoms with E-state index in [9.17, 15) is 0 Å². The highest BCUT2D eigenvalue weighted by molar-refractivity contribution is 7.49. The molecule has 0 amide bonds. The van der Waals surface area contributed by atoms with Crippen LogP contribution in [0.15, 0.2) is 243 Å². The van der Waals surface area contributed by atoms with Crippen molar-refractivity contribution >= 4 is 23.5 Å². The summed E-state index contributed by atoms with van der Waals surface area (Å²) in [6.45, 7) is -1.75. The summed E-state index contributed by atoms with van der Waals surface area (Å²) < 4.78 is 125. The Labute approximate surface area is 467 Å². The molecule has 0 N–H and O–H groups in total. The van der Waals surface area contributed by atoms with E-state index in [0.717, 1.165) is 5.56 Å². The molecule has 1 aliphatic rings. The summed E-state index contributed by atoms with van der Waals surface area (Å²) in [5.41, 5.74) is 5.43. The van der Waals surface area contributed by atoms with Gasteiger partial charge in [-0.25, -0.2) is 13.7 Å². The van der Waals surface area contributed by atoms with Crippen LogP contribution >= 0.6 is 23.5 Å². The largest absolute Gasteiger partial charge is 0.477 e. The molecule has 0 saturated carbocycles. The van der Waals surface area contributed by atoms with Gasteiger partial charge >= 0.3 is 23.5 Å². The standard InChI is InChI=1S/C62H63O15P3/c63-78(68-43-52-29-13-3-14-30-52,69-44-53-31-15-4-16-32-53)75-59-58(49-66-41-50-25-9-1-10-26-50)74-62(77-80(65,72-47-56-37-21-7-22-38-56)73-48-57-39-23-8-24-40-57)61(67-42-51-27-11-2-12-28-51)60(59)76-79(64,70-45-54-33-17-5-18-34-54)71-46-55-35-19-6-20-36-55/h1-40,58-62H,41-49H2/t58-,59-,60+,61-,62+/m1/s1. The lowest BCUT2D eigenvalue weighted by Crippen LogP contribution is -2.61. The third-order valence-corrected chi connectivity index (χ3v) is 16.5. The molecule has 8 aromatic carbocycles. The van der Waals surface area contributed by atoms with Crippen molar-refractivity contribution < 1.29 is 68.6 Å². The molecule has 1 saturated heterocycles. The van der Waals surface area contributed by atoms with Gasteiger partial charge in [-0.2, -0.15) is 0 Å². The van der Waals surface area contributed by atoms with Crippen molar-refractivity contribution in [2.45, 2.75) is 83.6 Å². The van der Waals surface area contributed by atoms with Gasteiger partial charge in [-0.15, -0.1) is 0 Å². The molecule has 416 valence electrons. The predicted octanol–water partition coefficient (Wildman–Crippen LogP) is 14.9. The third-order valence-electron chi connectivity index (χ3n) is 12.4. The average Bonchev–Trinajstić information content (AvgIpc) is 3.53. The van der Waals surface area contributed by atoms with Gasteiger partial charge in [0.25, 0.3) is 0 Å². The Morgan fingerprint density at radius 1 is 0.287 bits per heavy atom. The van der Waals surface area contributed by atoms with Crippen molar-refractivity contribution in [3.8, 4) is 0 Å². The molecule has 0 bridgehead atoms. The molecule has 1 aliphatic heterocycles. The van der Waals surface area contributed by atoms with Crippen LogP contribution in [-0.2, 0) is 121 Å². The number of ether oxygens (including phenoxy) is 3. The van der Waals surface area contributed by atoms with Gasteiger partial charge in [-0.3, -0.25) is 40.7 Å². The molecule has 18 heteroatoms. The van der Waals surface area contributed by atoms with E-state index >= 15 is 13.7 Å². The summed E-state index contributed by atoms with van der Waals surface area (Å²) in [7, 11) is -14.5. The van der Waals surface area contributed by atoms with E-state index in [0.29, 0.717) is 38.9 Å². The number of hydrogen-bond acceptors (Lipinski definition) is 15. The molecule has 0 radical (unpaired) electrons. The third kappa shape index (κ3) is 18.5. The number of phosphoric acid groups is 3. The molecule has 80 heavy (non-hydrogen) atoms. The predicted molar refractivity (Wildman–Crippen MR) is 301 cm³/mol. The van der Waals surface area contributed by atoms with Crippen LogP contribution in [0, 0.1) is 0 Å². The van der Waals surface area contributed by atoms with Gasteiger partial charge in [-0.1, -0.05) is 243 Å². The van der Waals surface area contributed by atoms with Gasteiger partial charge in [0.15, 0.2) is 6.29 Å². The van der Waals surface area contributed by atoms with Crippen molar-refractivity contribution in [3.05, 3.63) is 287 Å². The van der Waals surface area contributed by atoms with Crippen molar-refractivity contribution in [2.75, 3.05) is 6.61 Å². The highest BCUT2D eigenvalue weighted by Gasteiger charge is 2.56. The second kappa shape index (κ2) is 30.1. The van der Waals surface area contributed by atoms with E-state index in [1.807, 2.05) is 170 Å². The number of rotatable bonds is 31. The minimum absolute atomic E-state index is 0.0722. The first-order valence-electron chi connectivity index (χ1n) is 26.1. The zero-order valence-corrected chi connectivity index (χ0v) is 46.5. The summed E-state index contributed by atoms with van der Waals surface area (Å²) in [5.74, 6) is 0. The van der Waals surface area contributed by atoms with E-state index in [1.165, 1.54) is 0 Å². The summed E-state index contributed by atoms with van der Waals surface area (Å²) in [4.78, 5) is 0. The first-order valence-corrected chi connectivity index (χ1v) is 30.4. The molecule has 9 rings (SSSR count). The minimum atomic E-state index is -4.88. The molecular formula is C62H63O15P3. The first kappa shape index (κ1) is 58.6. The molecule has 8 aromatic rings. The van der Waals surface area contributed by atoms with Gasteiger partial charge in [-0.05, 0) is 44.5 Å². The molecular weight excluding hydrogens is 1080 g/mol. The fraction of sp³-hybridized carbons (Fsp3) is 0.226.